The Morgan fingerprint density at radius 3 is 2.60 bits per heavy atom. The SMILES string of the molecule is Cn1c(=O)c2ccccc2n2c(COC(=O)c3cc4ccccc4c(=O)[nH]3)nnc12. The first-order chi connectivity index (χ1) is 14.5. The molecule has 0 aliphatic rings. The zero-order valence-corrected chi connectivity index (χ0v) is 15.8. The molecule has 9 heteroatoms. The average Bonchev–Trinajstić information content (AvgIpc) is 3.20. The molecular formula is C21H15N5O4. The van der Waals surface area contributed by atoms with Gasteiger partial charge in [0.25, 0.3) is 11.1 Å². The number of carbonyl (C=O) groups is 1. The highest BCUT2D eigenvalue weighted by Crippen LogP contribution is 2.15. The fraction of sp³-hybridized carbons (Fsp3) is 0.0952. The minimum Gasteiger partial charge on any atom is -0.453 e. The number of carbonyl (C=O) groups excluding carboxylic acids is 1. The quantitative estimate of drug-likeness (QED) is 0.461. The van der Waals surface area contributed by atoms with Crippen molar-refractivity contribution in [2.75, 3.05) is 0 Å². The van der Waals surface area contributed by atoms with Crippen LogP contribution >= 0.6 is 0 Å². The Bertz CT molecular complexity index is 1580. The van der Waals surface area contributed by atoms with Crippen LogP contribution in [0.5, 0.6) is 0 Å². The van der Waals surface area contributed by atoms with Crippen molar-refractivity contribution < 1.29 is 9.53 Å². The number of nitrogens with one attached hydrogen (secondary N) is 1. The van der Waals surface area contributed by atoms with Gasteiger partial charge < -0.3 is 9.72 Å². The number of rotatable bonds is 3. The molecule has 148 valence electrons. The molecule has 0 atom stereocenters. The molecule has 0 spiro atoms. The predicted octanol–water partition coefficient (Wildman–Crippen LogP) is 1.78. The zero-order valence-electron chi connectivity index (χ0n) is 15.8. The van der Waals surface area contributed by atoms with Gasteiger partial charge in [-0.25, -0.2) is 4.79 Å². The highest BCUT2D eigenvalue weighted by atomic mass is 16.5. The number of nitrogens with zero attached hydrogens (tertiary/aromatic N) is 4. The van der Waals surface area contributed by atoms with Gasteiger partial charge >= 0.3 is 5.97 Å². The second-order valence-corrected chi connectivity index (χ2v) is 6.81. The van der Waals surface area contributed by atoms with Crippen LogP contribution < -0.4 is 11.1 Å². The van der Waals surface area contributed by atoms with Gasteiger partial charge in [0.1, 0.15) is 5.69 Å². The molecule has 3 heterocycles. The maximum absolute atomic E-state index is 12.6. The van der Waals surface area contributed by atoms with E-state index in [9.17, 15) is 14.4 Å². The highest BCUT2D eigenvalue weighted by molar-refractivity contribution is 5.92. The number of ether oxygens (including phenoxy) is 1. The van der Waals surface area contributed by atoms with Gasteiger partial charge in [-0.15, -0.1) is 10.2 Å². The van der Waals surface area contributed by atoms with Crippen molar-refractivity contribution in [3.8, 4) is 0 Å². The van der Waals surface area contributed by atoms with E-state index in [4.69, 9.17) is 4.74 Å². The third kappa shape index (κ3) is 2.67. The Kier molecular flexibility index (Phi) is 3.95. The van der Waals surface area contributed by atoms with E-state index < -0.39 is 5.97 Å². The Balaban J connectivity index is 1.52. The van der Waals surface area contributed by atoms with Gasteiger partial charge in [-0.1, -0.05) is 30.3 Å². The number of H-pyrrole nitrogens is 1. The molecule has 5 aromatic rings. The summed E-state index contributed by atoms with van der Waals surface area (Å²) >= 11 is 0. The summed E-state index contributed by atoms with van der Waals surface area (Å²) in [6, 6.07) is 15.6. The van der Waals surface area contributed by atoms with E-state index in [1.54, 1.807) is 66.0 Å². The molecular weight excluding hydrogens is 386 g/mol. The van der Waals surface area contributed by atoms with Gasteiger partial charge in [-0.2, -0.15) is 0 Å². The van der Waals surface area contributed by atoms with E-state index in [0.29, 0.717) is 33.3 Å². The maximum atomic E-state index is 12.6. The predicted molar refractivity (Wildman–Crippen MR) is 109 cm³/mol. The molecule has 0 radical (unpaired) electrons. The van der Waals surface area contributed by atoms with Crippen LogP contribution in [0, 0.1) is 0 Å². The van der Waals surface area contributed by atoms with Crippen LogP contribution in [0.25, 0.3) is 27.5 Å². The van der Waals surface area contributed by atoms with Crippen molar-refractivity contribution >= 4 is 33.4 Å². The van der Waals surface area contributed by atoms with Gasteiger partial charge in [-0.05, 0) is 29.7 Å². The smallest absolute Gasteiger partial charge is 0.355 e. The van der Waals surface area contributed by atoms with Crippen LogP contribution in [0.2, 0.25) is 0 Å². The third-order valence-electron chi connectivity index (χ3n) is 5.00. The minimum absolute atomic E-state index is 0.0461. The van der Waals surface area contributed by atoms with Crippen molar-refractivity contribution in [2.45, 2.75) is 6.61 Å². The van der Waals surface area contributed by atoms with E-state index in [2.05, 4.69) is 15.2 Å². The molecule has 0 saturated heterocycles. The number of aromatic amines is 1. The molecule has 0 amide bonds. The molecule has 30 heavy (non-hydrogen) atoms. The molecule has 0 saturated carbocycles. The van der Waals surface area contributed by atoms with E-state index in [1.165, 1.54) is 4.57 Å². The lowest BCUT2D eigenvalue weighted by atomic mass is 10.1. The molecule has 9 nitrogen and oxygen atoms in total. The monoisotopic (exact) mass is 401 g/mol. The van der Waals surface area contributed by atoms with Gasteiger partial charge in [0.15, 0.2) is 12.4 Å². The minimum atomic E-state index is -0.691. The van der Waals surface area contributed by atoms with Crippen LogP contribution in [-0.2, 0) is 18.4 Å². The van der Waals surface area contributed by atoms with Crippen LogP contribution in [0.1, 0.15) is 16.3 Å². The highest BCUT2D eigenvalue weighted by Gasteiger charge is 2.17. The van der Waals surface area contributed by atoms with Crippen LogP contribution in [-0.4, -0.2) is 30.1 Å². The first kappa shape index (κ1) is 17.8. The fourth-order valence-electron chi connectivity index (χ4n) is 3.51. The number of esters is 1. The number of hydrogen-bond acceptors (Lipinski definition) is 6. The number of fused-ring (bicyclic) bond motifs is 4. The lowest BCUT2D eigenvalue weighted by Crippen LogP contribution is -2.20. The number of pyridine rings is 1. The Morgan fingerprint density at radius 1 is 1.03 bits per heavy atom. The molecule has 3 aromatic heterocycles. The van der Waals surface area contributed by atoms with E-state index in [-0.39, 0.29) is 23.4 Å². The van der Waals surface area contributed by atoms with Gasteiger partial charge in [0, 0.05) is 12.4 Å². The van der Waals surface area contributed by atoms with Gasteiger partial charge in [0.05, 0.1) is 10.9 Å². The van der Waals surface area contributed by atoms with Crippen LogP contribution in [0.4, 0.5) is 0 Å². The standard InChI is InChI=1S/C21H15N5O4/c1-25-19(28)14-8-4-5-9-16(14)26-17(23-24-21(25)26)11-30-20(29)15-10-12-6-2-3-7-13(12)18(27)22-15/h2-10H,11H2,1H3,(H,22,27). The number of aromatic nitrogens is 5. The van der Waals surface area contributed by atoms with Gasteiger partial charge in [0.2, 0.25) is 5.78 Å². The molecule has 0 unspecified atom stereocenters. The number of hydrogen-bond donors (Lipinski definition) is 1. The summed E-state index contributed by atoms with van der Waals surface area (Å²) in [4.78, 5) is 39.8. The fourth-order valence-corrected chi connectivity index (χ4v) is 3.51. The zero-order chi connectivity index (χ0) is 20.8. The number of benzene rings is 2. The maximum Gasteiger partial charge on any atom is 0.355 e. The second kappa shape index (κ2) is 6.66. The normalized spacial score (nSPS) is 11.4. The van der Waals surface area contributed by atoms with E-state index in [0.717, 1.165) is 0 Å². The first-order valence-electron chi connectivity index (χ1n) is 9.15. The largest absolute Gasteiger partial charge is 0.453 e. The molecule has 2 aromatic carbocycles. The Labute approximate surface area is 168 Å². The molecule has 0 bridgehead atoms. The van der Waals surface area contributed by atoms with Crippen molar-refractivity contribution in [2.24, 2.45) is 7.05 Å². The van der Waals surface area contributed by atoms with E-state index in [1.807, 2.05) is 0 Å². The topological polar surface area (TPSA) is 111 Å². The summed E-state index contributed by atoms with van der Waals surface area (Å²) in [6.07, 6.45) is 0. The summed E-state index contributed by atoms with van der Waals surface area (Å²) in [5.41, 5.74) is 0.104. The third-order valence-corrected chi connectivity index (χ3v) is 5.00. The average molecular weight is 401 g/mol. The lowest BCUT2D eigenvalue weighted by molar-refractivity contribution is 0.0454. The lowest BCUT2D eigenvalue weighted by Gasteiger charge is -2.08. The molecule has 0 fully saturated rings. The Hall–Kier alpha value is -4.27. The summed E-state index contributed by atoms with van der Waals surface area (Å²) in [5, 5.41) is 9.78. The number of para-hydroxylation sites is 1. The molecule has 1 N–H and O–H groups in total. The summed E-state index contributed by atoms with van der Waals surface area (Å²) in [5.74, 6) is 0.000811. The second-order valence-electron chi connectivity index (χ2n) is 6.81. The molecule has 0 aliphatic carbocycles. The van der Waals surface area contributed by atoms with Crippen molar-refractivity contribution in [3.63, 3.8) is 0 Å². The molecule has 5 rings (SSSR count). The molecule has 0 aliphatic heterocycles. The first-order valence-corrected chi connectivity index (χ1v) is 9.15. The van der Waals surface area contributed by atoms with Gasteiger partial charge in [-0.3, -0.25) is 18.6 Å². The van der Waals surface area contributed by atoms with Crippen LogP contribution in [0.3, 0.4) is 0 Å². The summed E-state index contributed by atoms with van der Waals surface area (Å²) in [6.45, 7) is -0.183. The van der Waals surface area contributed by atoms with E-state index >= 15 is 0 Å². The number of aryl methyl sites for hydroxylation is 1. The van der Waals surface area contributed by atoms with Crippen molar-refractivity contribution in [3.05, 3.63) is 86.8 Å². The summed E-state index contributed by atoms with van der Waals surface area (Å²) in [7, 11) is 1.61. The van der Waals surface area contributed by atoms with Crippen molar-refractivity contribution in [1.82, 2.24) is 24.1 Å². The van der Waals surface area contributed by atoms with Crippen LogP contribution in [0.15, 0.2) is 64.2 Å². The Morgan fingerprint density at radius 2 is 1.77 bits per heavy atom. The van der Waals surface area contributed by atoms with Crippen molar-refractivity contribution in [1.29, 1.82) is 0 Å². The summed E-state index contributed by atoms with van der Waals surface area (Å²) < 4.78 is 8.45.